The molecule has 46 heavy (non-hydrogen) atoms. The predicted octanol–water partition coefficient (Wildman–Crippen LogP) is 4.63. The Balaban J connectivity index is 1.82. The molecule has 0 unspecified atom stereocenters. The maximum atomic E-state index is 14.7. The number of aliphatic hydroxyl groups is 1. The number of benzene rings is 2. The Hall–Kier alpha value is -5.01. The number of alkyl halides is 5. The number of halogens is 6. The number of nitrogens with two attached hydrogens (primary N) is 1. The molecule has 0 spiro atoms. The summed E-state index contributed by atoms with van der Waals surface area (Å²) in [6, 6.07) is 8.71. The van der Waals surface area contributed by atoms with E-state index >= 15 is 0 Å². The molecule has 0 saturated heterocycles. The molecule has 0 aliphatic rings. The minimum absolute atomic E-state index is 0.00653. The van der Waals surface area contributed by atoms with Gasteiger partial charge in [-0.25, -0.2) is 9.67 Å². The molecule has 0 aliphatic carbocycles. The van der Waals surface area contributed by atoms with Gasteiger partial charge in [0.1, 0.15) is 28.8 Å². The molecule has 11 nitrogen and oxygen atoms in total. The first-order valence-electron chi connectivity index (χ1n) is 13.2. The van der Waals surface area contributed by atoms with Crippen LogP contribution in [0.4, 0.5) is 22.0 Å². The fourth-order valence-electron chi connectivity index (χ4n) is 4.53. The highest BCUT2D eigenvalue weighted by Crippen LogP contribution is 2.42. The standard InChI is InChI=1S/C29H24ClF5N6O5/c1-3-46-25-16(10-22(37)42)9-21(39-24(25)14-4-5-15(11-36)19(30)7-14)28(44,29(33,34)35)13-38-26(43)17-6-18-12-41(27(31)32)40-23(18)20(8-17)45-2/h4-9,12,27,44H,3,10,13H2,1-2H3,(H2,37,42)(H,38,43)/t28-/m0/s1. The van der Waals surface area contributed by atoms with Crippen LogP contribution in [0.5, 0.6) is 11.5 Å². The van der Waals surface area contributed by atoms with E-state index in [-0.39, 0.29) is 62.0 Å². The zero-order valence-corrected chi connectivity index (χ0v) is 24.7. The number of methoxy groups -OCH3 is 1. The lowest BCUT2D eigenvalue weighted by Gasteiger charge is -2.31. The smallest absolute Gasteiger partial charge is 0.424 e. The molecular formula is C29H24ClF5N6O5. The number of ether oxygens (including phenoxy) is 2. The Morgan fingerprint density at radius 3 is 2.50 bits per heavy atom. The summed E-state index contributed by atoms with van der Waals surface area (Å²) in [7, 11) is 1.18. The van der Waals surface area contributed by atoms with Gasteiger partial charge in [-0.3, -0.25) is 9.59 Å². The molecule has 2 aromatic heterocycles. The molecule has 4 N–H and O–H groups in total. The quantitative estimate of drug-likeness (QED) is 0.195. The highest BCUT2D eigenvalue weighted by atomic mass is 35.5. The second kappa shape index (κ2) is 13.2. The van der Waals surface area contributed by atoms with Crippen LogP contribution < -0.4 is 20.5 Å². The molecule has 242 valence electrons. The SMILES string of the molecule is CCOc1c(CC(N)=O)cc([C@@](O)(CNC(=O)c2cc(OC)c3nn(C(F)F)cc3c2)C(F)(F)F)nc1-c1ccc(C#N)c(Cl)c1. The molecule has 2 heterocycles. The monoisotopic (exact) mass is 666 g/mol. The molecule has 2 amide bonds. The van der Waals surface area contributed by atoms with E-state index in [9.17, 15) is 41.9 Å². The number of nitriles is 1. The number of hydrogen-bond donors (Lipinski definition) is 3. The van der Waals surface area contributed by atoms with Crippen molar-refractivity contribution in [2.45, 2.75) is 31.7 Å². The number of rotatable bonds is 11. The predicted molar refractivity (Wildman–Crippen MR) is 153 cm³/mol. The van der Waals surface area contributed by atoms with Gasteiger partial charge >= 0.3 is 12.7 Å². The van der Waals surface area contributed by atoms with Crippen molar-refractivity contribution >= 4 is 34.3 Å². The molecule has 17 heteroatoms. The molecule has 4 rings (SSSR count). The van der Waals surface area contributed by atoms with Gasteiger partial charge in [-0.2, -0.15) is 32.3 Å². The van der Waals surface area contributed by atoms with Crippen molar-refractivity contribution in [3.8, 4) is 28.8 Å². The lowest BCUT2D eigenvalue weighted by Crippen LogP contribution is -2.51. The summed E-state index contributed by atoms with van der Waals surface area (Å²) in [5.74, 6) is -2.30. The van der Waals surface area contributed by atoms with E-state index in [4.69, 9.17) is 26.8 Å². The third kappa shape index (κ3) is 6.65. The van der Waals surface area contributed by atoms with E-state index in [1.807, 2.05) is 11.4 Å². The van der Waals surface area contributed by atoms with Crippen molar-refractivity contribution < 1.29 is 46.1 Å². The maximum absolute atomic E-state index is 14.7. The van der Waals surface area contributed by atoms with E-state index in [0.717, 1.165) is 24.4 Å². The summed E-state index contributed by atoms with van der Waals surface area (Å²) in [5, 5.41) is 26.1. The molecule has 0 saturated carbocycles. The van der Waals surface area contributed by atoms with Crippen LogP contribution in [0.25, 0.3) is 22.2 Å². The summed E-state index contributed by atoms with van der Waals surface area (Å²) in [4.78, 5) is 29.1. The van der Waals surface area contributed by atoms with Crippen molar-refractivity contribution in [2.75, 3.05) is 20.3 Å². The van der Waals surface area contributed by atoms with Crippen LogP contribution >= 0.6 is 11.6 Å². The number of amides is 2. The van der Waals surface area contributed by atoms with Gasteiger partial charge in [0, 0.05) is 28.3 Å². The number of pyridine rings is 1. The Kier molecular flexibility index (Phi) is 9.68. The number of aromatic nitrogens is 3. The number of nitrogens with zero attached hydrogens (tertiary/aromatic N) is 4. The molecule has 4 aromatic rings. The number of carbonyl (C=O) groups is 2. The second-order valence-corrected chi connectivity index (χ2v) is 10.2. The molecule has 0 radical (unpaired) electrons. The first-order valence-corrected chi connectivity index (χ1v) is 13.6. The summed E-state index contributed by atoms with van der Waals surface area (Å²) >= 11 is 6.16. The van der Waals surface area contributed by atoms with Crippen LogP contribution in [0.2, 0.25) is 5.02 Å². The van der Waals surface area contributed by atoms with Gasteiger partial charge in [0.15, 0.2) is 0 Å². The average Bonchev–Trinajstić information content (AvgIpc) is 3.44. The van der Waals surface area contributed by atoms with E-state index in [2.05, 4.69) is 10.1 Å². The molecule has 0 aliphatic heterocycles. The third-order valence-electron chi connectivity index (χ3n) is 6.74. The Bertz CT molecular complexity index is 1860. The van der Waals surface area contributed by atoms with Crippen LogP contribution in [0, 0.1) is 11.3 Å². The van der Waals surface area contributed by atoms with E-state index in [1.165, 1.54) is 25.3 Å². The lowest BCUT2D eigenvalue weighted by molar-refractivity contribution is -0.265. The van der Waals surface area contributed by atoms with Crippen LogP contribution in [0.15, 0.2) is 42.6 Å². The first-order chi connectivity index (χ1) is 21.6. The summed E-state index contributed by atoms with van der Waals surface area (Å²) in [5.41, 5.74) is -0.109. The number of nitrogens with one attached hydrogen (secondary N) is 1. The van der Waals surface area contributed by atoms with Crippen molar-refractivity contribution in [3.05, 3.63) is 70.0 Å². The van der Waals surface area contributed by atoms with Gasteiger partial charge in [0.05, 0.1) is 43.0 Å². The number of primary amides is 1. The molecule has 0 fully saturated rings. The van der Waals surface area contributed by atoms with Crippen LogP contribution in [-0.4, -0.2) is 58.1 Å². The van der Waals surface area contributed by atoms with Crippen LogP contribution in [0.1, 0.15) is 40.7 Å². The number of carbonyl (C=O) groups excluding carboxylic acids is 2. The molecular weight excluding hydrogens is 643 g/mol. The Morgan fingerprint density at radius 1 is 1.22 bits per heavy atom. The lowest BCUT2D eigenvalue weighted by atomic mass is 9.93. The van der Waals surface area contributed by atoms with Gasteiger partial charge in [-0.1, -0.05) is 17.7 Å². The highest BCUT2D eigenvalue weighted by molar-refractivity contribution is 6.32. The first kappa shape index (κ1) is 33.9. The summed E-state index contributed by atoms with van der Waals surface area (Å²) in [6.07, 6.45) is -5.15. The van der Waals surface area contributed by atoms with E-state index in [0.29, 0.717) is 4.68 Å². The number of fused-ring (bicyclic) bond motifs is 1. The van der Waals surface area contributed by atoms with E-state index in [1.54, 1.807) is 6.92 Å². The van der Waals surface area contributed by atoms with Crippen LogP contribution in [-0.2, 0) is 16.8 Å². The van der Waals surface area contributed by atoms with Crippen molar-refractivity contribution in [3.63, 3.8) is 0 Å². The van der Waals surface area contributed by atoms with Crippen molar-refractivity contribution in [2.24, 2.45) is 5.73 Å². The average molecular weight is 667 g/mol. The second-order valence-electron chi connectivity index (χ2n) is 9.77. The minimum Gasteiger partial charge on any atom is -0.494 e. The topological polar surface area (TPSA) is 165 Å². The fourth-order valence-corrected chi connectivity index (χ4v) is 4.75. The van der Waals surface area contributed by atoms with Crippen molar-refractivity contribution in [1.82, 2.24) is 20.1 Å². The Labute approximate surface area is 262 Å². The van der Waals surface area contributed by atoms with Crippen LogP contribution in [0.3, 0.4) is 0 Å². The minimum atomic E-state index is -5.45. The van der Waals surface area contributed by atoms with Gasteiger partial charge < -0.3 is 25.6 Å². The molecule has 0 bridgehead atoms. The summed E-state index contributed by atoms with van der Waals surface area (Å²) < 4.78 is 81.4. The normalized spacial score (nSPS) is 12.9. The molecule has 1 atom stereocenters. The fraction of sp³-hybridized carbons (Fsp3) is 0.276. The highest BCUT2D eigenvalue weighted by Gasteiger charge is 2.56. The van der Waals surface area contributed by atoms with E-state index < -0.39 is 48.8 Å². The maximum Gasteiger partial charge on any atom is 0.424 e. The summed E-state index contributed by atoms with van der Waals surface area (Å²) in [6.45, 7) is -2.92. The third-order valence-corrected chi connectivity index (χ3v) is 7.05. The zero-order valence-electron chi connectivity index (χ0n) is 24.0. The molecule has 2 aromatic carbocycles. The Morgan fingerprint density at radius 2 is 1.93 bits per heavy atom. The van der Waals surface area contributed by atoms with Gasteiger partial charge in [-0.05, 0) is 37.3 Å². The van der Waals surface area contributed by atoms with Gasteiger partial charge in [0.25, 0.3) is 5.91 Å². The van der Waals surface area contributed by atoms with Crippen molar-refractivity contribution in [1.29, 1.82) is 5.26 Å². The zero-order chi connectivity index (χ0) is 34.0. The van der Waals surface area contributed by atoms with Gasteiger partial charge in [-0.15, -0.1) is 0 Å². The van der Waals surface area contributed by atoms with Gasteiger partial charge in [0.2, 0.25) is 11.5 Å². The largest absolute Gasteiger partial charge is 0.494 e. The number of hydrogen-bond acceptors (Lipinski definition) is 8.